The van der Waals surface area contributed by atoms with Crippen molar-refractivity contribution >= 4 is 5.91 Å². The predicted molar refractivity (Wildman–Crippen MR) is 73.8 cm³/mol. The molecule has 0 aliphatic heterocycles. The second-order valence-electron chi connectivity index (χ2n) is 4.48. The Morgan fingerprint density at radius 2 is 2.05 bits per heavy atom. The number of carbonyl (C=O) groups excluding carboxylic acids is 1. The Morgan fingerprint density at radius 1 is 1.32 bits per heavy atom. The third-order valence-corrected chi connectivity index (χ3v) is 2.94. The van der Waals surface area contributed by atoms with E-state index in [1.54, 1.807) is 11.9 Å². The van der Waals surface area contributed by atoms with Crippen LogP contribution >= 0.6 is 0 Å². The van der Waals surface area contributed by atoms with Crippen LogP contribution in [0.15, 0.2) is 41.0 Å². The molecule has 0 aliphatic carbocycles. The van der Waals surface area contributed by atoms with Gasteiger partial charge in [0.2, 0.25) is 5.89 Å². The van der Waals surface area contributed by atoms with Crippen molar-refractivity contribution in [1.82, 2.24) is 9.88 Å². The van der Waals surface area contributed by atoms with Gasteiger partial charge in [-0.05, 0) is 18.6 Å². The van der Waals surface area contributed by atoms with Gasteiger partial charge in [0.05, 0.1) is 0 Å². The van der Waals surface area contributed by atoms with Crippen molar-refractivity contribution < 1.29 is 9.21 Å². The van der Waals surface area contributed by atoms with Gasteiger partial charge >= 0.3 is 0 Å². The van der Waals surface area contributed by atoms with E-state index >= 15 is 0 Å². The zero-order chi connectivity index (χ0) is 13.7. The maximum absolute atomic E-state index is 12.1. The molecule has 1 aromatic carbocycles. The van der Waals surface area contributed by atoms with Gasteiger partial charge in [0.1, 0.15) is 6.26 Å². The smallest absolute Gasteiger partial charge is 0.275 e. The first-order valence-electron chi connectivity index (χ1n) is 6.48. The van der Waals surface area contributed by atoms with E-state index in [9.17, 15) is 4.79 Å². The SMILES string of the molecule is CCCCN(C)C(=O)c1coc(-c2ccccc2)n1. The summed E-state index contributed by atoms with van der Waals surface area (Å²) >= 11 is 0. The number of oxazole rings is 1. The summed E-state index contributed by atoms with van der Waals surface area (Å²) < 4.78 is 5.37. The third-order valence-electron chi connectivity index (χ3n) is 2.94. The normalized spacial score (nSPS) is 10.4. The maximum Gasteiger partial charge on any atom is 0.275 e. The average molecular weight is 258 g/mol. The second kappa shape index (κ2) is 6.18. The summed E-state index contributed by atoms with van der Waals surface area (Å²) in [6.07, 6.45) is 3.48. The summed E-state index contributed by atoms with van der Waals surface area (Å²) in [6, 6.07) is 9.56. The lowest BCUT2D eigenvalue weighted by molar-refractivity contribution is 0.0787. The molecule has 0 bridgehead atoms. The van der Waals surface area contributed by atoms with Crippen LogP contribution < -0.4 is 0 Å². The summed E-state index contributed by atoms with van der Waals surface area (Å²) in [7, 11) is 1.79. The van der Waals surface area contributed by atoms with E-state index in [1.807, 2.05) is 30.3 Å². The lowest BCUT2D eigenvalue weighted by Crippen LogP contribution is -2.27. The largest absolute Gasteiger partial charge is 0.444 e. The van der Waals surface area contributed by atoms with Crippen molar-refractivity contribution in [1.29, 1.82) is 0 Å². The topological polar surface area (TPSA) is 46.3 Å². The number of unbranched alkanes of at least 4 members (excludes halogenated alkanes) is 1. The molecule has 0 saturated carbocycles. The fourth-order valence-electron chi connectivity index (χ4n) is 1.78. The molecule has 0 spiro atoms. The highest BCUT2D eigenvalue weighted by Crippen LogP contribution is 2.18. The van der Waals surface area contributed by atoms with Crippen LogP contribution in [0.5, 0.6) is 0 Å². The van der Waals surface area contributed by atoms with Crippen molar-refractivity contribution in [3.63, 3.8) is 0 Å². The van der Waals surface area contributed by atoms with Crippen LogP contribution in [0.3, 0.4) is 0 Å². The maximum atomic E-state index is 12.1. The van der Waals surface area contributed by atoms with Crippen molar-refractivity contribution in [3.8, 4) is 11.5 Å². The van der Waals surface area contributed by atoms with Gasteiger partial charge in [-0.25, -0.2) is 4.98 Å². The van der Waals surface area contributed by atoms with Gasteiger partial charge in [0, 0.05) is 19.2 Å². The number of hydrogen-bond acceptors (Lipinski definition) is 3. The van der Waals surface area contributed by atoms with Crippen LogP contribution in [0.1, 0.15) is 30.3 Å². The first-order chi connectivity index (χ1) is 9.22. The molecule has 1 amide bonds. The van der Waals surface area contributed by atoms with Crippen LogP contribution in [0.2, 0.25) is 0 Å². The van der Waals surface area contributed by atoms with E-state index in [4.69, 9.17) is 4.42 Å². The molecule has 1 heterocycles. The molecular weight excluding hydrogens is 240 g/mol. The van der Waals surface area contributed by atoms with E-state index in [1.165, 1.54) is 6.26 Å². The molecule has 0 atom stereocenters. The van der Waals surface area contributed by atoms with Gasteiger partial charge in [0.25, 0.3) is 5.91 Å². The minimum Gasteiger partial charge on any atom is -0.444 e. The molecule has 0 aliphatic rings. The number of hydrogen-bond donors (Lipinski definition) is 0. The summed E-state index contributed by atoms with van der Waals surface area (Å²) in [5.41, 5.74) is 1.23. The van der Waals surface area contributed by atoms with Crippen molar-refractivity contribution in [2.24, 2.45) is 0 Å². The zero-order valence-electron chi connectivity index (χ0n) is 11.3. The summed E-state index contributed by atoms with van der Waals surface area (Å²) in [5.74, 6) is 0.382. The van der Waals surface area contributed by atoms with Crippen LogP contribution in [0.25, 0.3) is 11.5 Å². The highest BCUT2D eigenvalue weighted by molar-refractivity contribution is 5.92. The monoisotopic (exact) mass is 258 g/mol. The molecule has 4 heteroatoms. The molecule has 0 saturated heterocycles. The lowest BCUT2D eigenvalue weighted by atomic mass is 10.2. The Hall–Kier alpha value is -2.10. The number of amides is 1. The van der Waals surface area contributed by atoms with Gasteiger partial charge in [-0.3, -0.25) is 4.79 Å². The van der Waals surface area contributed by atoms with Crippen LogP contribution in [-0.4, -0.2) is 29.4 Å². The summed E-state index contributed by atoms with van der Waals surface area (Å²) in [4.78, 5) is 18.0. The highest BCUT2D eigenvalue weighted by atomic mass is 16.3. The Morgan fingerprint density at radius 3 is 2.74 bits per heavy atom. The Balaban J connectivity index is 2.11. The quantitative estimate of drug-likeness (QED) is 0.827. The Bertz CT molecular complexity index is 534. The molecule has 1 aromatic heterocycles. The van der Waals surface area contributed by atoms with E-state index in [0.717, 1.165) is 24.9 Å². The number of aromatic nitrogens is 1. The van der Waals surface area contributed by atoms with Crippen molar-refractivity contribution in [3.05, 3.63) is 42.3 Å². The van der Waals surface area contributed by atoms with Gasteiger partial charge in [-0.1, -0.05) is 31.5 Å². The molecule has 0 fully saturated rings. The molecule has 0 radical (unpaired) electrons. The van der Waals surface area contributed by atoms with Crippen molar-refractivity contribution in [2.45, 2.75) is 19.8 Å². The second-order valence-corrected chi connectivity index (χ2v) is 4.48. The number of benzene rings is 1. The summed E-state index contributed by atoms with van der Waals surface area (Å²) in [6.45, 7) is 2.84. The van der Waals surface area contributed by atoms with E-state index in [0.29, 0.717) is 11.6 Å². The minimum absolute atomic E-state index is 0.0978. The van der Waals surface area contributed by atoms with Crippen molar-refractivity contribution in [2.75, 3.05) is 13.6 Å². The fraction of sp³-hybridized carbons (Fsp3) is 0.333. The van der Waals surface area contributed by atoms with Gasteiger partial charge < -0.3 is 9.32 Å². The summed E-state index contributed by atoms with van der Waals surface area (Å²) in [5, 5.41) is 0. The lowest BCUT2D eigenvalue weighted by Gasteiger charge is -2.14. The van der Waals surface area contributed by atoms with Crippen LogP contribution in [0, 0.1) is 0 Å². The van der Waals surface area contributed by atoms with Gasteiger partial charge in [0.15, 0.2) is 5.69 Å². The molecule has 2 rings (SSSR count). The number of rotatable bonds is 5. The predicted octanol–water partition coefficient (Wildman–Crippen LogP) is 3.21. The molecule has 100 valence electrons. The first-order valence-corrected chi connectivity index (χ1v) is 6.48. The standard InChI is InChI=1S/C15H18N2O2/c1-3-4-10-17(2)15(18)13-11-19-14(16-13)12-8-6-5-7-9-12/h5-9,11H,3-4,10H2,1-2H3. The van der Waals surface area contributed by atoms with E-state index in [-0.39, 0.29) is 5.91 Å². The molecule has 0 unspecified atom stereocenters. The average Bonchev–Trinajstić information content (AvgIpc) is 2.94. The molecule has 2 aromatic rings. The number of carbonyl (C=O) groups is 1. The Kier molecular flexibility index (Phi) is 4.34. The zero-order valence-corrected chi connectivity index (χ0v) is 11.3. The highest BCUT2D eigenvalue weighted by Gasteiger charge is 2.16. The van der Waals surface area contributed by atoms with Crippen LogP contribution in [-0.2, 0) is 0 Å². The molecule has 0 N–H and O–H groups in total. The third kappa shape index (κ3) is 3.22. The molecule has 4 nitrogen and oxygen atoms in total. The Labute approximate surface area is 113 Å². The minimum atomic E-state index is -0.0978. The molecule has 19 heavy (non-hydrogen) atoms. The molecular formula is C15H18N2O2. The van der Waals surface area contributed by atoms with Gasteiger partial charge in [-0.15, -0.1) is 0 Å². The fourth-order valence-corrected chi connectivity index (χ4v) is 1.78. The van der Waals surface area contributed by atoms with Crippen LogP contribution in [0.4, 0.5) is 0 Å². The van der Waals surface area contributed by atoms with E-state index in [2.05, 4.69) is 11.9 Å². The number of nitrogens with zero attached hydrogens (tertiary/aromatic N) is 2. The first kappa shape index (κ1) is 13.3. The van der Waals surface area contributed by atoms with E-state index < -0.39 is 0 Å². The van der Waals surface area contributed by atoms with Gasteiger partial charge in [-0.2, -0.15) is 0 Å².